The minimum atomic E-state index is -3.75. The van der Waals surface area contributed by atoms with E-state index in [1.807, 2.05) is 0 Å². The topological polar surface area (TPSA) is 90.7 Å². The third kappa shape index (κ3) is 3.77. The minimum absolute atomic E-state index is 0.165. The van der Waals surface area contributed by atoms with Crippen molar-refractivity contribution in [3.05, 3.63) is 41.4 Å². The molecule has 132 valence electrons. The smallest absolute Gasteiger partial charge is 0.271 e. The number of nitrogens with zero attached hydrogens (tertiary/aromatic N) is 1. The molecule has 3 aromatic rings. The van der Waals surface area contributed by atoms with Crippen molar-refractivity contribution in [2.24, 2.45) is 0 Å². The molecule has 0 fully saturated rings. The summed E-state index contributed by atoms with van der Waals surface area (Å²) in [6, 6.07) is 8.11. The summed E-state index contributed by atoms with van der Waals surface area (Å²) >= 11 is 1.10. The Labute approximate surface area is 149 Å². The van der Waals surface area contributed by atoms with Crippen LogP contribution in [0.25, 0.3) is 11.3 Å². The van der Waals surface area contributed by atoms with Crippen molar-refractivity contribution in [3.63, 3.8) is 0 Å². The van der Waals surface area contributed by atoms with Gasteiger partial charge in [0.25, 0.3) is 10.0 Å². The van der Waals surface area contributed by atoms with Crippen molar-refractivity contribution in [3.8, 4) is 22.8 Å². The molecule has 0 aliphatic carbocycles. The molecule has 9 heteroatoms. The van der Waals surface area contributed by atoms with Gasteiger partial charge in [0.15, 0.2) is 5.76 Å². The molecule has 25 heavy (non-hydrogen) atoms. The fraction of sp³-hybridized carbons (Fsp3) is 0.188. The molecular weight excluding hydrogens is 364 g/mol. The van der Waals surface area contributed by atoms with Gasteiger partial charge in [0.2, 0.25) is 0 Å². The number of rotatable bonds is 6. The van der Waals surface area contributed by atoms with E-state index in [0.717, 1.165) is 17.0 Å². The molecule has 2 aromatic heterocycles. The molecule has 1 aromatic carbocycles. The van der Waals surface area contributed by atoms with Crippen LogP contribution in [-0.4, -0.2) is 27.8 Å². The summed E-state index contributed by atoms with van der Waals surface area (Å²) in [5.41, 5.74) is 1.74. The number of ether oxygens (including phenoxy) is 2. The molecule has 0 spiro atoms. The van der Waals surface area contributed by atoms with Gasteiger partial charge in [-0.15, -0.1) is 11.3 Å². The highest BCUT2D eigenvalue weighted by Crippen LogP contribution is 2.32. The van der Waals surface area contributed by atoms with Crippen LogP contribution in [0.1, 0.15) is 5.69 Å². The zero-order chi connectivity index (χ0) is 18.0. The number of benzene rings is 1. The predicted octanol–water partition coefficient (Wildman–Crippen LogP) is 3.53. The van der Waals surface area contributed by atoms with Gasteiger partial charge in [-0.3, -0.25) is 4.72 Å². The van der Waals surface area contributed by atoms with Gasteiger partial charge in [-0.05, 0) is 13.0 Å². The highest BCUT2D eigenvalue weighted by atomic mass is 32.2. The van der Waals surface area contributed by atoms with Gasteiger partial charge in [0, 0.05) is 35.2 Å². The first-order valence-corrected chi connectivity index (χ1v) is 9.55. The molecule has 7 nitrogen and oxygen atoms in total. The summed E-state index contributed by atoms with van der Waals surface area (Å²) in [7, 11) is -0.752. The van der Waals surface area contributed by atoms with Crippen molar-refractivity contribution in [1.82, 2.24) is 5.16 Å². The molecule has 0 saturated carbocycles. The summed E-state index contributed by atoms with van der Waals surface area (Å²) < 4.78 is 43.4. The molecule has 1 N–H and O–H groups in total. The normalized spacial score (nSPS) is 11.3. The van der Waals surface area contributed by atoms with Crippen LogP contribution < -0.4 is 14.2 Å². The van der Waals surface area contributed by atoms with Gasteiger partial charge in [-0.25, -0.2) is 8.42 Å². The summed E-state index contributed by atoms with van der Waals surface area (Å²) in [4.78, 5) is 0. The van der Waals surface area contributed by atoms with Crippen molar-refractivity contribution < 1.29 is 22.4 Å². The lowest BCUT2D eigenvalue weighted by Crippen LogP contribution is -2.11. The number of hydrogen-bond donors (Lipinski definition) is 1. The largest absolute Gasteiger partial charge is 0.497 e. The number of nitrogens with one attached hydrogen (secondary N) is 1. The Morgan fingerprint density at radius 1 is 1.08 bits per heavy atom. The lowest BCUT2D eigenvalue weighted by atomic mass is 10.2. The van der Waals surface area contributed by atoms with E-state index in [4.69, 9.17) is 14.0 Å². The molecule has 0 unspecified atom stereocenters. The molecule has 2 heterocycles. The third-order valence-corrected chi connectivity index (χ3v) is 6.18. The summed E-state index contributed by atoms with van der Waals surface area (Å²) in [5.74, 6) is 1.50. The monoisotopic (exact) mass is 380 g/mol. The second kappa shape index (κ2) is 6.77. The van der Waals surface area contributed by atoms with Crippen molar-refractivity contribution in [2.75, 3.05) is 18.9 Å². The first-order chi connectivity index (χ1) is 11.9. The highest BCUT2D eigenvalue weighted by molar-refractivity contribution is 7.94. The zero-order valence-corrected chi connectivity index (χ0v) is 15.4. The van der Waals surface area contributed by atoms with E-state index in [9.17, 15) is 8.42 Å². The second-order valence-corrected chi connectivity index (χ2v) is 8.01. The maximum Gasteiger partial charge on any atom is 0.271 e. The quantitative estimate of drug-likeness (QED) is 0.703. The predicted molar refractivity (Wildman–Crippen MR) is 94.9 cm³/mol. The van der Waals surface area contributed by atoms with Crippen LogP contribution >= 0.6 is 11.3 Å². The lowest BCUT2D eigenvalue weighted by Gasteiger charge is -2.10. The van der Waals surface area contributed by atoms with Crippen LogP contribution in [0.3, 0.4) is 0 Å². The molecule has 3 rings (SSSR count). The van der Waals surface area contributed by atoms with Crippen LogP contribution in [0.5, 0.6) is 11.5 Å². The number of aryl methyl sites for hydroxylation is 1. The van der Waals surface area contributed by atoms with Gasteiger partial charge in [0.05, 0.1) is 25.6 Å². The van der Waals surface area contributed by atoms with E-state index < -0.39 is 10.0 Å². The molecule has 0 atom stereocenters. The highest BCUT2D eigenvalue weighted by Gasteiger charge is 2.19. The molecule has 0 radical (unpaired) electrons. The summed E-state index contributed by atoms with van der Waals surface area (Å²) in [6.45, 7) is 1.80. The summed E-state index contributed by atoms with van der Waals surface area (Å²) in [6.07, 6.45) is 0. The van der Waals surface area contributed by atoms with Crippen molar-refractivity contribution in [2.45, 2.75) is 11.1 Å². The number of sulfonamides is 1. The van der Waals surface area contributed by atoms with E-state index in [0.29, 0.717) is 28.5 Å². The standard InChI is InChI=1S/C16H16N2O5S2/c1-10-4-15(23-17-10)11-5-16(24-9-11)25(19,20)18-12-6-13(21-2)8-14(7-12)22-3/h4-9,18H,1-3H3. The van der Waals surface area contributed by atoms with E-state index >= 15 is 0 Å². The fourth-order valence-corrected chi connectivity index (χ4v) is 4.37. The Balaban J connectivity index is 1.89. The van der Waals surface area contributed by atoms with E-state index in [1.165, 1.54) is 14.2 Å². The van der Waals surface area contributed by atoms with Crippen molar-refractivity contribution >= 4 is 27.0 Å². The number of thiophene rings is 1. The Hall–Kier alpha value is -2.52. The van der Waals surface area contributed by atoms with Crippen molar-refractivity contribution in [1.29, 1.82) is 0 Å². The Morgan fingerprint density at radius 2 is 1.76 bits per heavy atom. The number of methoxy groups -OCH3 is 2. The van der Waals surface area contributed by atoms with Crippen LogP contribution in [0.2, 0.25) is 0 Å². The lowest BCUT2D eigenvalue weighted by molar-refractivity contribution is 0.395. The molecule has 0 aliphatic heterocycles. The number of anilines is 1. The van der Waals surface area contributed by atoms with Crippen LogP contribution in [0.4, 0.5) is 5.69 Å². The van der Waals surface area contributed by atoms with Gasteiger partial charge in [0.1, 0.15) is 15.7 Å². The fourth-order valence-electron chi connectivity index (χ4n) is 2.16. The minimum Gasteiger partial charge on any atom is -0.497 e. The molecular formula is C16H16N2O5S2. The Bertz CT molecular complexity index is 969. The average Bonchev–Trinajstić information content (AvgIpc) is 3.23. The van der Waals surface area contributed by atoms with Gasteiger partial charge in [-0.2, -0.15) is 0 Å². The molecule has 0 aliphatic rings. The first-order valence-electron chi connectivity index (χ1n) is 7.19. The summed E-state index contributed by atoms with van der Waals surface area (Å²) in [5, 5.41) is 5.52. The average molecular weight is 380 g/mol. The van der Waals surface area contributed by atoms with Crippen LogP contribution in [0.15, 0.2) is 44.4 Å². The van der Waals surface area contributed by atoms with Crippen LogP contribution in [0, 0.1) is 6.92 Å². The van der Waals surface area contributed by atoms with Gasteiger partial charge >= 0.3 is 0 Å². The Morgan fingerprint density at radius 3 is 2.32 bits per heavy atom. The Kier molecular flexibility index (Phi) is 4.69. The van der Waals surface area contributed by atoms with Gasteiger partial charge in [-0.1, -0.05) is 5.16 Å². The second-order valence-electron chi connectivity index (χ2n) is 5.19. The maximum absolute atomic E-state index is 12.6. The van der Waals surface area contributed by atoms with E-state index in [-0.39, 0.29) is 4.21 Å². The van der Waals surface area contributed by atoms with Crippen LogP contribution in [-0.2, 0) is 10.0 Å². The van der Waals surface area contributed by atoms with E-state index in [1.54, 1.807) is 42.6 Å². The zero-order valence-electron chi connectivity index (χ0n) is 13.8. The van der Waals surface area contributed by atoms with E-state index in [2.05, 4.69) is 9.88 Å². The first kappa shape index (κ1) is 17.3. The molecule has 0 amide bonds. The van der Waals surface area contributed by atoms with Gasteiger partial charge < -0.3 is 14.0 Å². The molecule has 0 saturated heterocycles. The third-order valence-electron chi connectivity index (χ3n) is 3.36. The maximum atomic E-state index is 12.6. The SMILES string of the molecule is COc1cc(NS(=O)(=O)c2cc(-c3cc(C)no3)cs2)cc(OC)c1. The number of hydrogen-bond acceptors (Lipinski definition) is 7. The molecule has 0 bridgehead atoms. The number of aromatic nitrogens is 1.